The van der Waals surface area contributed by atoms with E-state index in [0.29, 0.717) is 35.3 Å². The first-order valence-corrected chi connectivity index (χ1v) is 11.5. The number of anilines is 2. The third kappa shape index (κ3) is 5.61. The van der Waals surface area contributed by atoms with Crippen molar-refractivity contribution in [2.45, 2.75) is 45.1 Å². The molecule has 2 aliphatic rings. The summed E-state index contributed by atoms with van der Waals surface area (Å²) in [5, 5.41) is 2.93. The largest absolute Gasteiger partial charge is 0.481 e. The van der Waals surface area contributed by atoms with Crippen LogP contribution in [0.25, 0.3) is 0 Å². The molecule has 1 aliphatic heterocycles. The highest BCUT2D eigenvalue weighted by Crippen LogP contribution is 2.35. The smallest absolute Gasteiger partial charge is 0.340 e. The molecule has 6 nitrogen and oxygen atoms in total. The van der Waals surface area contributed by atoms with E-state index in [4.69, 9.17) is 9.47 Å². The molecule has 0 spiro atoms. The average molecular weight is 437 g/mol. The van der Waals surface area contributed by atoms with Gasteiger partial charge in [-0.05, 0) is 61.4 Å². The minimum absolute atomic E-state index is 0.245. The van der Waals surface area contributed by atoms with Crippen LogP contribution in [0.1, 0.15) is 49.4 Å². The summed E-state index contributed by atoms with van der Waals surface area (Å²) in [4.78, 5) is 28.0. The lowest BCUT2D eigenvalue weighted by molar-refractivity contribution is -0.123. The van der Waals surface area contributed by atoms with Gasteiger partial charge in [-0.25, -0.2) is 4.79 Å². The summed E-state index contributed by atoms with van der Waals surface area (Å²) in [7, 11) is 1.36. The average Bonchev–Trinajstić information content (AvgIpc) is 3.63. The number of esters is 1. The molecule has 1 saturated carbocycles. The zero-order valence-corrected chi connectivity index (χ0v) is 18.9. The van der Waals surface area contributed by atoms with Gasteiger partial charge in [0.25, 0.3) is 5.91 Å². The molecule has 0 aromatic heterocycles. The quantitative estimate of drug-likeness (QED) is 0.597. The second kappa shape index (κ2) is 10.1. The van der Waals surface area contributed by atoms with Crippen molar-refractivity contribution < 1.29 is 19.1 Å². The maximum atomic E-state index is 13.2. The van der Waals surface area contributed by atoms with Crippen LogP contribution in [-0.2, 0) is 9.53 Å². The van der Waals surface area contributed by atoms with Gasteiger partial charge >= 0.3 is 5.97 Å². The monoisotopic (exact) mass is 436 g/mol. The molecule has 0 radical (unpaired) electrons. The van der Waals surface area contributed by atoms with Gasteiger partial charge in [0.05, 0.1) is 18.4 Å². The molecule has 1 aliphatic carbocycles. The fourth-order valence-corrected chi connectivity index (χ4v) is 4.28. The van der Waals surface area contributed by atoms with Crippen LogP contribution in [0.3, 0.4) is 0 Å². The number of nitrogens with zero attached hydrogens (tertiary/aromatic N) is 1. The molecular weight excluding hydrogens is 404 g/mol. The fourth-order valence-electron chi connectivity index (χ4n) is 4.28. The topological polar surface area (TPSA) is 67.9 Å². The summed E-state index contributed by atoms with van der Waals surface area (Å²) < 4.78 is 11.0. The lowest BCUT2D eigenvalue weighted by Gasteiger charge is -2.33. The molecule has 1 heterocycles. The molecule has 2 fully saturated rings. The third-order valence-electron chi connectivity index (χ3n) is 6.25. The predicted molar refractivity (Wildman–Crippen MR) is 125 cm³/mol. The van der Waals surface area contributed by atoms with Crippen molar-refractivity contribution in [2.75, 3.05) is 30.4 Å². The minimum atomic E-state index is -0.613. The van der Waals surface area contributed by atoms with E-state index in [1.165, 1.54) is 13.5 Å². The molecular formula is C26H32N2O4. The number of para-hydroxylation sites is 1. The molecule has 1 N–H and O–H groups in total. The summed E-state index contributed by atoms with van der Waals surface area (Å²) in [6.07, 6.45) is 4.65. The van der Waals surface area contributed by atoms with Crippen LogP contribution >= 0.6 is 0 Å². The Morgan fingerprint density at radius 2 is 1.91 bits per heavy atom. The zero-order valence-electron chi connectivity index (χ0n) is 18.9. The van der Waals surface area contributed by atoms with Gasteiger partial charge in [0.2, 0.25) is 0 Å². The molecule has 0 bridgehead atoms. The highest BCUT2D eigenvalue weighted by atomic mass is 16.5. The van der Waals surface area contributed by atoms with E-state index in [9.17, 15) is 9.59 Å². The minimum Gasteiger partial charge on any atom is -0.481 e. The van der Waals surface area contributed by atoms with Gasteiger partial charge in [0.15, 0.2) is 6.10 Å². The Bertz CT molecular complexity index is 942. The normalized spacial score (nSPS) is 19.2. The number of hydrogen-bond donors (Lipinski definition) is 1. The maximum Gasteiger partial charge on any atom is 0.340 e. The maximum absolute atomic E-state index is 13.2. The Hall–Kier alpha value is -3.02. The molecule has 2 aromatic rings. The molecule has 1 saturated heterocycles. The van der Waals surface area contributed by atoms with Gasteiger partial charge in [0, 0.05) is 18.8 Å². The van der Waals surface area contributed by atoms with Crippen LogP contribution in [0, 0.1) is 11.8 Å². The van der Waals surface area contributed by atoms with Crippen molar-refractivity contribution in [3.05, 3.63) is 54.1 Å². The van der Waals surface area contributed by atoms with Gasteiger partial charge in [-0.2, -0.15) is 0 Å². The molecule has 0 unspecified atom stereocenters. The van der Waals surface area contributed by atoms with Gasteiger partial charge in [-0.1, -0.05) is 38.0 Å². The van der Waals surface area contributed by atoms with Gasteiger partial charge < -0.3 is 19.7 Å². The van der Waals surface area contributed by atoms with Crippen LogP contribution in [-0.4, -0.2) is 38.2 Å². The van der Waals surface area contributed by atoms with E-state index in [1.807, 2.05) is 42.5 Å². The van der Waals surface area contributed by atoms with E-state index < -0.39 is 12.1 Å². The molecule has 170 valence electrons. The first-order valence-electron chi connectivity index (χ1n) is 11.5. The lowest BCUT2D eigenvalue weighted by Crippen LogP contribution is -2.35. The summed E-state index contributed by atoms with van der Waals surface area (Å²) >= 11 is 0. The van der Waals surface area contributed by atoms with Crippen LogP contribution < -0.4 is 15.0 Å². The Kier molecular flexibility index (Phi) is 6.98. The molecule has 4 rings (SSSR count). The summed E-state index contributed by atoms with van der Waals surface area (Å²) in [5.74, 6) is 1.08. The number of carbonyl (C=O) groups is 2. The highest BCUT2D eigenvalue weighted by molar-refractivity contribution is 6.03. The summed E-state index contributed by atoms with van der Waals surface area (Å²) in [6.45, 7) is 4.17. The van der Waals surface area contributed by atoms with Crippen LogP contribution in [0.4, 0.5) is 11.4 Å². The Morgan fingerprint density at radius 3 is 2.59 bits per heavy atom. The van der Waals surface area contributed by atoms with Gasteiger partial charge in [0.1, 0.15) is 5.75 Å². The van der Waals surface area contributed by atoms with Crippen molar-refractivity contribution in [3.8, 4) is 5.75 Å². The molecule has 2 aromatic carbocycles. The standard InChI is InChI=1S/C26H32N2O4/c1-18-7-6-14-28(17-18)20-12-13-23(22(16-20)26(30)31-2)27-25(29)24(15-19-10-11-19)32-21-8-4-3-5-9-21/h3-5,8-9,12-13,16,18-19,24H,6-7,10-11,14-15,17H2,1-2H3,(H,27,29)/t18-,24+/m1/s1. The van der Waals surface area contributed by atoms with E-state index in [2.05, 4.69) is 17.1 Å². The number of ether oxygens (including phenoxy) is 2. The van der Waals surface area contributed by atoms with Crippen molar-refractivity contribution >= 4 is 23.3 Å². The Balaban J connectivity index is 1.54. The van der Waals surface area contributed by atoms with Crippen LogP contribution in [0.5, 0.6) is 5.75 Å². The number of rotatable bonds is 8. The second-order valence-electron chi connectivity index (χ2n) is 9.00. The van der Waals surface area contributed by atoms with E-state index in [-0.39, 0.29) is 5.91 Å². The Morgan fingerprint density at radius 1 is 1.12 bits per heavy atom. The summed E-state index contributed by atoms with van der Waals surface area (Å²) in [5.41, 5.74) is 1.79. The van der Waals surface area contributed by atoms with E-state index >= 15 is 0 Å². The lowest BCUT2D eigenvalue weighted by atomic mass is 9.99. The Labute approximate surface area is 189 Å². The first kappa shape index (κ1) is 22.2. The fraction of sp³-hybridized carbons (Fsp3) is 0.462. The number of piperidine rings is 1. The van der Waals surface area contributed by atoms with Gasteiger partial charge in [-0.15, -0.1) is 0 Å². The number of benzene rings is 2. The van der Waals surface area contributed by atoms with Gasteiger partial charge in [-0.3, -0.25) is 4.79 Å². The molecule has 6 heteroatoms. The number of carbonyl (C=O) groups excluding carboxylic acids is 2. The summed E-state index contributed by atoms with van der Waals surface area (Å²) in [6, 6.07) is 15.0. The number of nitrogens with one attached hydrogen (secondary N) is 1. The van der Waals surface area contributed by atoms with Crippen molar-refractivity contribution in [3.63, 3.8) is 0 Å². The third-order valence-corrected chi connectivity index (χ3v) is 6.25. The highest BCUT2D eigenvalue weighted by Gasteiger charge is 2.31. The van der Waals surface area contributed by atoms with Crippen LogP contribution in [0.15, 0.2) is 48.5 Å². The van der Waals surface area contributed by atoms with E-state index in [1.54, 1.807) is 6.07 Å². The number of hydrogen-bond acceptors (Lipinski definition) is 5. The number of methoxy groups -OCH3 is 1. The molecule has 2 atom stereocenters. The molecule has 32 heavy (non-hydrogen) atoms. The predicted octanol–water partition coefficient (Wildman–Crippen LogP) is 4.90. The van der Waals surface area contributed by atoms with E-state index in [0.717, 1.165) is 38.0 Å². The van der Waals surface area contributed by atoms with Crippen molar-refractivity contribution in [1.29, 1.82) is 0 Å². The number of amides is 1. The first-order chi connectivity index (χ1) is 15.5. The second-order valence-corrected chi connectivity index (χ2v) is 9.00. The van der Waals surface area contributed by atoms with Crippen molar-refractivity contribution in [2.24, 2.45) is 11.8 Å². The zero-order chi connectivity index (χ0) is 22.5. The van der Waals surface area contributed by atoms with Crippen molar-refractivity contribution in [1.82, 2.24) is 0 Å². The van der Waals surface area contributed by atoms with Crippen LogP contribution in [0.2, 0.25) is 0 Å². The SMILES string of the molecule is COC(=O)c1cc(N2CCC[C@@H](C)C2)ccc1NC(=O)[C@H](CC1CC1)Oc1ccccc1. The molecule has 1 amide bonds.